The van der Waals surface area contributed by atoms with E-state index in [2.05, 4.69) is 10.1 Å². The number of aromatic nitrogens is 3. The van der Waals surface area contributed by atoms with Gasteiger partial charge in [0.15, 0.2) is 11.5 Å². The van der Waals surface area contributed by atoms with Crippen LogP contribution in [0.15, 0.2) is 41.3 Å². The van der Waals surface area contributed by atoms with E-state index in [0.717, 1.165) is 5.56 Å². The summed E-state index contributed by atoms with van der Waals surface area (Å²) in [6.45, 7) is 4.08. The number of fused-ring (bicyclic) bond motifs is 2. The van der Waals surface area contributed by atoms with Crippen LogP contribution in [0.3, 0.4) is 0 Å². The van der Waals surface area contributed by atoms with Crippen LogP contribution >= 0.6 is 0 Å². The minimum atomic E-state index is -0.132. The molecule has 6 heteroatoms. The molecule has 0 N–H and O–H groups in total. The Labute approximate surface area is 132 Å². The lowest BCUT2D eigenvalue weighted by Gasteiger charge is -2.13. The van der Waals surface area contributed by atoms with E-state index < -0.39 is 0 Å². The highest BCUT2D eigenvalue weighted by Crippen LogP contribution is 2.36. The highest BCUT2D eigenvalue weighted by molar-refractivity contribution is 5.90. The quantitative estimate of drug-likeness (QED) is 0.728. The maximum absolute atomic E-state index is 12.6. The zero-order chi connectivity index (χ0) is 16.0. The predicted octanol–water partition coefficient (Wildman–Crippen LogP) is 2.77. The molecule has 0 aliphatic carbocycles. The second kappa shape index (κ2) is 5.08. The molecule has 0 bridgehead atoms. The molecular formula is C17H15N3O3. The molecule has 0 fully saturated rings. The lowest BCUT2D eigenvalue weighted by Crippen LogP contribution is -2.25. The second-order valence-electron chi connectivity index (χ2n) is 5.66. The Kier molecular flexibility index (Phi) is 3.04. The maximum Gasteiger partial charge on any atom is 0.276 e. The number of ether oxygens (including phenoxy) is 2. The third-order valence-corrected chi connectivity index (χ3v) is 3.81. The molecular weight excluding hydrogens is 294 g/mol. The topological polar surface area (TPSA) is 66.2 Å². The zero-order valence-electron chi connectivity index (χ0n) is 12.8. The van der Waals surface area contributed by atoms with Gasteiger partial charge in [-0.1, -0.05) is 0 Å². The molecule has 3 aromatic rings. The van der Waals surface area contributed by atoms with Gasteiger partial charge in [0.1, 0.15) is 11.2 Å². The summed E-state index contributed by atoms with van der Waals surface area (Å²) in [7, 11) is 0. The van der Waals surface area contributed by atoms with Gasteiger partial charge in [-0.15, -0.1) is 0 Å². The molecule has 0 atom stereocenters. The van der Waals surface area contributed by atoms with Crippen LogP contribution in [-0.4, -0.2) is 21.6 Å². The van der Waals surface area contributed by atoms with Gasteiger partial charge in [0.25, 0.3) is 5.56 Å². The van der Waals surface area contributed by atoms with Gasteiger partial charge in [-0.2, -0.15) is 5.10 Å². The van der Waals surface area contributed by atoms with Crippen molar-refractivity contribution in [2.24, 2.45) is 0 Å². The average molecular weight is 309 g/mol. The number of benzene rings is 1. The fourth-order valence-corrected chi connectivity index (χ4v) is 2.68. The Hall–Kier alpha value is -2.89. The molecule has 1 aromatic carbocycles. The van der Waals surface area contributed by atoms with Crippen molar-refractivity contribution in [3.8, 4) is 22.8 Å². The molecule has 0 saturated heterocycles. The Bertz CT molecular complexity index is 963. The first-order chi connectivity index (χ1) is 11.1. The van der Waals surface area contributed by atoms with Gasteiger partial charge in [0.2, 0.25) is 6.79 Å². The molecule has 6 nitrogen and oxygen atoms in total. The molecule has 2 aromatic heterocycles. The van der Waals surface area contributed by atoms with Gasteiger partial charge < -0.3 is 9.47 Å². The summed E-state index contributed by atoms with van der Waals surface area (Å²) in [4.78, 5) is 16.9. The van der Waals surface area contributed by atoms with Crippen molar-refractivity contribution in [3.63, 3.8) is 0 Å². The van der Waals surface area contributed by atoms with Crippen LogP contribution in [0.25, 0.3) is 22.2 Å². The lowest BCUT2D eigenvalue weighted by atomic mass is 10.1. The summed E-state index contributed by atoms with van der Waals surface area (Å²) < 4.78 is 12.3. The van der Waals surface area contributed by atoms with Gasteiger partial charge in [-0.05, 0) is 44.2 Å². The fraction of sp³-hybridized carbons (Fsp3) is 0.235. The minimum absolute atomic E-state index is 0.0418. The number of pyridine rings is 1. The third kappa shape index (κ3) is 2.14. The molecule has 23 heavy (non-hydrogen) atoms. The minimum Gasteiger partial charge on any atom is -0.454 e. The first-order valence-electron chi connectivity index (χ1n) is 7.43. The van der Waals surface area contributed by atoms with Crippen LogP contribution in [0.2, 0.25) is 0 Å². The fourth-order valence-electron chi connectivity index (χ4n) is 2.68. The van der Waals surface area contributed by atoms with E-state index in [1.807, 2.05) is 32.0 Å². The van der Waals surface area contributed by atoms with E-state index in [9.17, 15) is 4.79 Å². The van der Waals surface area contributed by atoms with Crippen molar-refractivity contribution in [2.75, 3.05) is 6.79 Å². The Morgan fingerprint density at radius 2 is 2.00 bits per heavy atom. The van der Waals surface area contributed by atoms with Crippen LogP contribution in [0.4, 0.5) is 0 Å². The van der Waals surface area contributed by atoms with Gasteiger partial charge >= 0.3 is 0 Å². The molecule has 0 unspecified atom stereocenters. The van der Waals surface area contributed by atoms with Crippen molar-refractivity contribution in [1.82, 2.24) is 14.8 Å². The summed E-state index contributed by atoms with van der Waals surface area (Å²) in [5, 5.41) is 5.10. The summed E-state index contributed by atoms with van der Waals surface area (Å²) in [6.07, 6.45) is 1.67. The van der Waals surface area contributed by atoms with Crippen molar-refractivity contribution in [1.29, 1.82) is 0 Å². The van der Waals surface area contributed by atoms with Crippen molar-refractivity contribution < 1.29 is 9.47 Å². The molecule has 0 spiro atoms. The predicted molar refractivity (Wildman–Crippen MR) is 85.7 cm³/mol. The standard InChI is InChI=1S/C17H15N3O3/c1-10(2)20-17(21)12-4-3-7-18-16(12)15(19-20)11-5-6-13-14(8-11)23-9-22-13/h3-8,10H,9H2,1-2H3. The van der Waals surface area contributed by atoms with Crippen LogP contribution in [0.5, 0.6) is 11.5 Å². The van der Waals surface area contributed by atoms with E-state index in [1.54, 1.807) is 18.3 Å². The number of hydrogen-bond acceptors (Lipinski definition) is 5. The van der Waals surface area contributed by atoms with Crippen LogP contribution in [0, 0.1) is 0 Å². The van der Waals surface area contributed by atoms with Crippen molar-refractivity contribution in [3.05, 3.63) is 46.9 Å². The highest BCUT2D eigenvalue weighted by atomic mass is 16.7. The van der Waals surface area contributed by atoms with E-state index in [0.29, 0.717) is 28.1 Å². The monoisotopic (exact) mass is 309 g/mol. The SMILES string of the molecule is CC(C)n1nc(-c2ccc3c(c2)OCO3)c2ncccc2c1=O. The molecule has 116 valence electrons. The summed E-state index contributed by atoms with van der Waals surface area (Å²) in [6, 6.07) is 9.12. The number of hydrogen-bond donors (Lipinski definition) is 0. The number of nitrogens with zero attached hydrogens (tertiary/aromatic N) is 3. The van der Waals surface area contributed by atoms with E-state index in [4.69, 9.17) is 9.47 Å². The first kappa shape index (κ1) is 13.8. The van der Waals surface area contributed by atoms with Crippen LogP contribution in [0.1, 0.15) is 19.9 Å². The first-order valence-corrected chi connectivity index (χ1v) is 7.43. The summed E-state index contributed by atoms with van der Waals surface area (Å²) >= 11 is 0. The van der Waals surface area contributed by atoms with E-state index in [1.165, 1.54) is 4.68 Å². The lowest BCUT2D eigenvalue weighted by molar-refractivity contribution is 0.174. The summed E-state index contributed by atoms with van der Waals surface area (Å²) in [5.74, 6) is 1.39. The van der Waals surface area contributed by atoms with Crippen molar-refractivity contribution >= 4 is 10.9 Å². The smallest absolute Gasteiger partial charge is 0.276 e. The van der Waals surface area contributed by atoms with Gasteiger partial charge in [-0.3, -0.25) is 9.78 Å². The normalized spacial score (nSPS) is 13.0. The Balaban J connectivity index is 2.03. The highest BCUT2D eigenvalue weighted by Gasteiger charge is 2.18. The van der Waals surface area contributed by atoms with E-state index >= 15 is 0 Å². The number of rotatable bonds is 2. The second-order valence-corrected chi connectivity index (χ2v) is 5.66. The molecule has 3 heterocycles. The van der Waals surface area contributed by atoms with Gasteiger partial charge in [-0.25, -0.2) is 4.68 Å². The maximum atomic E-state index is 12.6. The van der Waals surface area contributed by atoms with Crippen molar-refractivity contribution in [2.45, 2.75) is 19.9 Å². The van der Waals surface area contributed by atoms with Crippen LogP contribution in [-0.2, 0) is 0 Å². The zero-order valence-corrected chi connectivity index (χ0v) is 12.8. The molecule has 4 rings (SSSR count). The average Bonchev–Trinajstić information content (AvgIpc) is 3.02. The molecule has 0 amide bonds. The van der Waals surface area contributed by atoms with Gasteiger partial charge in [0, 0.05) is 11.8 Å². The van der Waals surface area contributed by atoms with E-state index in [-0.39, 0.29) is 18.4 Å². The summed E-state index contributed by atoms with van der Waals surface area (Å²) in [5.41, 5.74) is 1.96. The van der Waals surface area contributed by atoms with Crippen LogP contribution < -0.4 is 15.0 Å². The Morgan fingerprint density at radius 3 is 2.83 bits per heavy atom. The van der Waals surface area contributed by atoms with Gasteiger partial charge in [0.05, 0.1) is 11.4 Å². The molecule has 0 radical (unpaired) electrons. The molecule has 0 saturated carbocycles. The molecule has 1 aliphatic heterocycles. The molecule has 1 aliphatic rings. The Morgan fingerprint density at radius 1 is 1.17 bits per heavy atom. The largest absolute Gasteiger partial charge is 0.454 e. The third-order valence-electron chi connectivity index (χ3n) is 3.81.